The van der Waals surface area contributed by atoms with E-state index in [1.165, 1.54) is 10.5 Å². The number of rotatable bonds is 3. The largest absolute Gasteiger partial charge is 0.325 e. The number of hydrogen-bond donors (Lipinski definition) is 1. The van der Waals surface area contributed by atoms with Crippen molar-refractivity contribution in [3.05, 3.63) is 29.8 Å². The average Bonchev–Trinajstić information content (AvgIpc) is 3.14. The van der Waals surface area contributed by atoms with Gasteiger partial charge in [-0.25, -0.2) is 4.79 Å². The van der Waals surface area contributed by atoms with Crippen molar-refractivity contribution in [3.8, 4) is 0 Å². The minimum Gasteiger partial charge on any atom is -0.323 e. The van der Waals surface area contributed by atoms with E-state index in [9.17, 15) is 14.4 Å². The molecule has 0 unspecified atom stereocenters. The summed E-state index contributed by atoms with van der Waals surface area (Å²) in [4.78, 5) is 40.6. The maximum Gasteiger partial charge on any atom is 0.325 e. The third kappa shape index (κ3) is 2.69. The average molecular weight is 341 g/mol. The molecule has 0 aromatic heterocycles. The molecule has 0 bridgehead atoms. The van der Waals surface area contributed by atoms with E-state index in [1.807, 2.05) is 24.3 Å². The van der Waals surface area contributed by atoms with Crippen LogP contribution in [0.1, 0.15) is 44.1 Å². The second kappa shape index (κ2) is 6.17. The van der Waals surface area contributed by atoms with Crippen molar-refractivity contribution in [3.63, 3.8) is 0 Å². The molecular weight excluding hydrogens is 318 g/mol. The molecule has 0 radical (unpaired) electrons. The van der Waals surface area contributed by atoms with E-state index < -0.39 is 5.54 Å². The number of fused-ring (bicyclic) bond motifs is 1. The Hall–Kier alpha value is -2.37. The smallest absolute Gasteiger partial charge is 0.323 e. The minimum atomic E-state index is -0.710. The predicted molar refractivity (Wildman–Crippen MR) is 93.2 cm³/mol. The van der Waals surface area contributed by atoms with Crippen LogP contribution in [0.5, 0.6) is 0 Å². The molecule has 2 heterocycles. The quantitative estimate of drug-likeness (QED) is 0.857. The van der Waals surface area contributed by atoms with Crippen LogP contribution in [-0.4, -0.2) is 41.4 Å². The summed E-state index contributed by atoms with van der Waals surface area (Å²) in [6.07, 6.45) is 5.48. The Labute approximate surface area is 147 Å². The van der Waals surface area contributed by atoms with Crippen LogP contribution in [0.25, 0.3) is 0 Å². The highest BCUT2D eigenvalue weighted by Crippen LogP contribution is 2.34. The number of carbonyl (C=O) groups excluding carboxylic acids is 3. The lowest BCUT2D eigenvalue weighted by molar-refractivity contribution is -0.132. The predicted octanol–water partition coefficient (Wildman–Crippen LogP) is 2.22. The van der Waals surface area contributed by atoms with Crippen LogP contribution in [0.3, 0.4) is 0 Å². The SMILES string of the molecule is O=C1NC2(CCCCC2)C(=O)N1CCC(=O)N1CCc2ccccc21. The fourth-order valence-corrected chi connectivity index (χ4v) is 4.31. The van der Waals surface area contributed by atoms with Crippen LogP contribution < -0.4 is 10.2 Å². The highest BCUT2D eigenvalue weighted by atomic mass is 16.2. The molecule has 2 fully saturated rings. The monoisotopic (exact) mass is 341 g/mol. The maximum atomic E-state index is 12.7. The van der Waals surface area contributed by atoms with Crippen molar-refractivity contribution in [2.24, 2.45) is 0 Å². The molecule has 0 atom stereocenters. The molecule has 1 N–H and O–H groups in total. The van der Waals surface area contributed by atoms with Gasteiger partial charge in [0.25, 0.3) is 5.91 Å². The topological polar surface area (TPSA) is 69.7 Å². The third-order valence-corrected chi connectivity index (χ3v) is 5.69. The van der Waals surface area contributed by atoms with Crippen molar-refractivity contribution in [2.75, 3.05) is 18.0 Å². The Morgan fingerprint density at radius 3 is 2.68 bits per heavy atom. The zero-order chi connectivity index (χ0) is 17.4. The van der Waals surface area contributed by atoms with Crippen LogP contribution in [0.4, 0.5) is 10.5 Å². The first-order chi connectivity index (χ1) is 12.1. The molecule has 1 saturated carbocycles. The number of nitrogens with one attached hydrogen (secondary N) is 1. The summed E-state index contributed by atoms with van der Waals surface area (Å²) in [6.45, 7) is 0.826. The molecule has 1 aliphatic carbocycles. The van der Waals surface area contributed by atoms with Gasteiger partial charge < -0.3 is 10.2 Å². The summed E-state index contributed by atoms with van der Waals surface area (Å²) in [6, 6.07) is 7.54. The molecule has 1 saturated heterocycles. The Kier molecular flexibility index (Phi) is 3.98. The van der Waals surface area contributed by atoms with Crippen LogP contribution >= 0.6 is 0 Å². The molecule has 2 aliphatic heterocycles. The number of urea groups is 1. The molecule has 25 heavy (non-hydrogen) atoms. The summed E-state index contributed by atoms with van der Waals surface area (Å²) < 4.78 is 0. The van der Waals surface area contributed by atoms with Gasteiger partial charge in [-0.15, -0.1) is 0 Å². The molecule has 1 spiro atoms. The number of amides is 4. The lowest BCUT2D eigenvalue weighted by Gasteiger charge is -2.30. The van der Waals surface area contributed by atoms with Gasteiger partial charge in [0.15, 0.2) is 0 Å². The van der Waals surface area contributed by atoms with Crippen molar-refractivity contribution in [1.29, 1.82) is 0 Å². The number of benzene rings is 1. The van der Waals surface area contributed by atoms with Gasteiger partial charge in [-0.1, -0.05) is 37.5 Å². The molecule has 4 amide bonds. The molecule has 132 valence electrons. The fourth-order valence-electron chi connectivity index (χ4n) is 4.31. The number of imide groups is 1. The van der Waals surface area contributed by atoms with Gasteiger partial charge in [-0.2, -0.15) is 0 Å². The Morgan fingerprint density at radius 1 is 1.12 bits per heavy atom. The van der Waals surface area contributed by atoms with Crippen molar-refractivity contribution < 1.29 is 14.4 Å². The van der Waals surface area contributed by atoms with Gasteiger partial charge in [-0.3, -0.25) is 14.5 Å². The molecule has 4 rings (SSSR count). The summed E-state index contributed by atoms with van der Waals surface area (Å²) in [5, 5.41) is 2.89. The molecular formula is C19H23N3O3. The molecule has 6 nitrogen and oxygen atoms in total. The minimum absolute atomic E-state index is 0.0323. The molecule has 3 aliphatic rings. The normalized spacial score (nSPS) is 21.6. The van der Waals surface area contributed by atoms with Gasteiger partial charge >= 0.3 is 6.03 Å². The van der Waals surface area contributed by atoms with Crippen molar-refractivity contribution >= 4 is 23.5 Å². The number of carbonyl (C=O) groups is 3. The Morgan fingerprint density at radius 2 is 1.88 bits per heavy atom. The van der Waals surface area contributed by atoms with E-state index in [-0.39, 0.29) is 30.8 Å². The number of para-hydroxylation sites is 1. The number of hydrogen-bond acceptors (Lipinski definition) is 3. The van der Waals surface area contributed by atoms with Gasteiger partial charge in [0.05, 0.1) is 0 Å². The Balaban J connectivity index is 1.41. The lowest BCUT2D eigenvalue weighted by Crippen LogP contribution is -2.48. The standard InChI is InChI=1S/C19H23N3O3/c23-16(21-12-8-14-6-2-3-7-15(14)21)9-13-22-17(24)19(20-18(22)25)10-4-1-5-11-19/h2-3,6-7H,1,4-5,8-13H2,(H,20,25). The molecule has 6 heteroatoms. The first-order valence-corrected chi connectivity index (χ1v) is 9.13. The first kappa shape index (κ1) is 16.1. The summed E-state index contributed by atoms with van der Waals surface area (Å²) in [5.74, 6) is -0.179. The van der Waals surface area contributed by atoms with E-state index in [4.69, 9.17) is 0 Å². The van der Waals surface area contributed by atoms with Crippen LogP contribution in [0.2, 0.25) is 0 Å². The van der Waals surface area contributed by atoms with Gasteiger partial charge in [0.1, 0.15) is 5.54 Å². The van der Waals surface area contributed by atoms with Crippen LogP contribution in [-0.2, 0) is 16.0 Å². The van der Waals surface area contributed by atoms with Crippen LogP contribution in [0, 0.1) is 0 Å². The van der Waals surface area contributed by atoms with Gasteiger partial charge in [0, 0.05) is 25.2 Å². The van der Waals surface area contributed by atoms with E-state index in [0.717, 1.165) is 31.4 Å². The number of anilines is 1. The van der Waals surface area contributed by atoms with Crippen molar-refractivity contribution in [2.45, 2.75) is 50.5 Å². The van der Waals surface area contributed by atoms with Gasteiger partial charge in [0.2, 0.25) is 5.91 Å². The van der Waals surface area contributed by atoms with Crippen LogP contribution in [0.15, 0.2) is 24.3 Å². The summed E-state index contributed by atoms with van der Waals surface area (Å²) in [5.41, 5.74) is 1.42. The second-order valence-corrected chi connectivity index (χ2v) is 7.20. The van der Waals surface area contributed by atoms with E-state index in [1.54, 1.807) is 4.90 Å². The second-order valence-electron chi connectivity index (χ2n) is 7.20. The fraction of sp³-hybridized carbons (Fsp3) is 0.526. The molecule has 1 aromatic rings. The summed E-state index contributed by atoms with van der Waals surface area (Å²) in [7, 11) is 0. The highest BCUT2D eigenvalue weighted by molar-refractivity contribution is 6.07. The zero-order valence-corrected chi connectivity index (χ0v) is 14.3. The van der Waals surface area contributed by atoms with Crippen molar-refractivity contribution in [1.82, 2.24) is 10.2 Å². The Bertz CT molecular complexity index is 724. The highest BCUT2D eigenvalue weighted by Gasteiger charge is 2.51. The molecule has 1 aromatic carbocycles. The van der Waals surface area contributed by atoms with E-state index in [0.29, 0.717) is 19.4 Å². The zero-order valence-electron chi connectivity index (χ0n) is 14.3. The van der Waals surface area contributed by atoms with Gasteiger partial charge in [-0.05, 0) is 30.9 Å². The number of nitrogens with zero attached hydrogens (tertiary/aromatic N) is 2. The van der Waals surface area contributed by atoms with E-state index >= 15 is 0 Å². The maximum absolute atomic E-state index is 12.7. The first-order valence-electron chi connectivity index (χ1n) is 9.13. The lowest BCUT2D eigenvalue weighted by atomic mass is 9.82. The van der Waals surface area contributed by atoms with E-state index in [2.05, 4.69) is 5.32 Å². The summed E-state index contributed by atoms with van der Waals surface area (Å²) >= 11 is 0. The third-order valence-electron chi connectivity index (χ3n) is 5.69.